The number of likely N-dealkylation sites (tertiary alicyclic amines) is 1. The van der Waals surface area contributed by atoms with E-state index in [2.05, 4.69) is 10.3 Å². The molecule has 0 spiro atoms. The molecule has 3 N–H and O–H groups in total. The van der Waals surface area contributed by atoms with Gasteiger partial charge >= 0.3 is 11.9 Å². The summed E-state index contributed by atoms with van der Waals surface area (Å²) in [6, 6.07) is 6.60. The molecule has 6 atom stereocenters. The van der Waals surface area contributed by atoms with Crippen LogP contribution < -0.4 is 5.32 Å². The minimum atomic E-state index is -1.42. The zero-order valence-electron chi connectivity index (χ0n) is 26.8. The fourth-order valence-corrected chi connectivity index (χ4v) is 7.67. The molecule has 2 aromatic rings. The van der Waals surface area contributed by atoms with Crippen molar-refractivity contribution in [2.45, 2.75) is 82.9 Å². The van der Waals surface area contributed by atoms with Gasteiger partial charge in [-0.15, -0.1) is 0 Å². The van der Waals surface area contributed by atoms with Crippen molar-refractivity contribution in [3.8, 4) is 0 Å². The number of H-pyrrole nitrogens is 1. The highest BCUT2D eigenvalue weighted by atomic mass is 16.6. The largest absolute Gasteiger partial charge is 0.479 e. The van der Waals surface area contributed by atoms with E-state index in [0.29, 0.717) is 18.5 Å². The third kappa shape index (κ3) is 6.16. The van der Waals surface area contributed by atoms with Crippen LogP contribution >= 0.6 is 0 Å². The monoisotopic (exact) mass is 632 g/mol. The van der Waals surface area contributed by atoms with Crippen LogP contribution in [-0.4, -0.2) is 86.4 Å². The zero-order valence-corrected chi connectivity index (χ0v) is 26.8. The van der Waals surface area contributed by atoms with Gasteiger partial charge in [-0.2, -0.15) is 0 Å². The summed E-state index contributed by atoms with van der Waals surface area (Å²) in [5.74, 6) is -4.09. The molecule has 46 heavy (non-hydrogen) atoms. The van der Waals surface area contributed by atoms with E-state index < -0.39 is 40.9 Å². The number of nitrogens with one attached hydrogen (secondary N) is 2. The second-order valence-electron chi connectivity index (χ2n) is 14.4. The van der Waals surface area contributed by atoms with Gasteiger partial charge in [0.05, 0.1) is 12.0 Å². The number of fused-ring (bicyclic) bond motifs is 5. The Morgan fingerprint density at radius 1 is 1.07 bits per heavy atom. The van der Waals surface area contributed by atoms with Crippen LogP contribution in [0.3, 0.4) is 0 Å². The molecule has 2 saturated heterocycles. The van der Waals surface area contributed by atoms with E-state index in [-0.39, 0.29) is 55.5 Å². The third-order valence-corrected chi connectivity index (χ3v) is 10.0. The van der Waals surface area contributed by atoms with Gasteiger partial charge in [0.25, 0.3) is 5.91 Å². The first-order chi connectivity index (χ1) is 21.9. The third-order valence-electron chi connectivity index (χ3n) is 10.0. The fourth-order valence-electron chi connectivity index (χ4n) is 7.67. The van der Waals surface area contributed by atoms with Crippen molar-refractivity contribution in [1.29, 1.82) is 0 Å². The lowest BCUT2D eigenvalue weighted by molar-refractivity contribution is -0.159. The van der Waals surface area contributed by atoms with Crippen LogP contribution in [0.2, 0.25) is 0 Å². The molecule has 0 unspecified atom stereocenters. The molecule has 11 nitrogen and oxygen atoms in total. The average molecular weight is 633 g/mol. The SMILES string of the molecule is CC(C)(C)OC(=O)C[C@@H]1CCCCC/C=C\[C@@H]2C[C@@]2(C(=O)O)NC(=O)[C@@H]2[C@H]3CN(C(=O)c4c[nH]c5ccccc45)C[C@H]3CN2C1=O. The highest BCUT2D eigenvalue weighted by Crippen LogP contribution is 2.46. The number of benzene rings is 1. The fraction of sp³-hybridized carbons (Fsp3) is 0.571. The number of aromatic nitrogens is 1. The first-order valence-corrected chi connectivity index (χ1v) is 16.5. The van der Waals surface area contributed by atoms with Gasteiger partial charge in [-0.3, -0.25) is 19.2 Å². The van der Waals surface area contributed by atoms with E-state index in [0.717, 1.165) is 36.6 Å². The summed E-state index contributed by atoms with van der Waals surface area (Å²) < 4.78 is 5.58. The van der Waals surface area contributed by atoms with Crippen molar-refractivity contribution in [2.75, 3.05) is 19.6 Å². The van der Waals surface area contributed by atoms with Crippen LogP contribution in [0.25, 0.3) is 10.9 Å². The number of esters is 1. The number of hydrogen-bond acceptors (Lipinski definition) is 6. The van der Waals surface area contributed by atoms with Crippen molar-refractivity contribution in [2.24, 2.45) is 23.7 Å². The van der Waals surface area contributed by atoms with Gasteiger partial charge in [-0.05, 0) is 52.5 Å². The van der Waals surface area contributed by atoms with Gasteiger partial charge in [-0.1, -0.05) is 43.2 Å². The van der Waals surface area contributed by atoms with E-state index >= 15 is 0 Å². The molecule has 11 heteroatoms. The standard InChI is InChI=1S/C35H44N4O7/c1-34(2,3)46-28(40)15-21-11-7-5-4-6-8-12-23-16-35(23,33(44)45)37-30(41)29-26-20-38(18-22(26)19-39(29)31(21)42)32(43)25-17-36-27-14-10-9-13-24(25)27/h8-10,12-14,17,21-23,26,29,36H,4-7,11,15-16,18-20H2,1-3H3,(H,37,41)(H,44,45)/b12-8-/t21-,22-,23+,26-,29-,35+/m0/s1. The average Bonchev–Trinajstić information content (AvgIpc) is 3.29. The quantitative estimate of drug-likeness (QED) is 0.342. The molecule has 1 saturated carbocycles. The number of rotatable bonds is 4. The molecule has 3 fully saturated rings. The molecule has 3 amide bonds. The molecule has 1 aromatic carbocycles. The number of allylic oxidation sites excluding steroid dienone is 1. The minimum absolute atomic E-state index is 0.0948. The lowest BCUT2D eigenvalue weighted by atomic mass is 9.92. The van der Waals surface area contributed by atoms with Gasteiger partial charge in [-0.25, -0.2) is 4.79 Å². The zero-order chi connectivity index (χ0) is 32.8. The predicted molar refractivity (Wildman–Crippen MR) is 169 cm³/mol. The van der Waals surface area contributed by atoms with Gasteiger partial charge in [0, 0.05) is 60.4 Å². The van der Waals surface area contributed by atoms with Gasteiger partial charge in [0.15, 0.2) is 0 Å². The molecule has 246 valence electrons. The number of carboxylic acids is 1. The molecule has 0 radical (unpaired) electrons. The van der Waals surface area contributed by atoms with E-state index in [1.807, 2.05) is 36.4 Å². The molecule has 4 aliphatic rings. The predicted octanol–water partition coefficient (Wildman–Crippen LogP) is 3.89. The van der Waals surface area contributed by atoms with Gasteiger partial charge < -0.3 is 29.9 Å². The number of aliphatic carboxylic acids is 1. The molecule has 4 heterocycles. The topological polar surface area (TPSA) is 149 Å². The number of para-hydroxylation sites is 1. The van der Waals surface area contributed by atoms with E-state index in [9.17, 15) is 29.1 Å². The summed E-state index contributed by atoms with van der Waals surface area (Å²) >= 11 is 0. The number of aromatic amines is 1. The van der Waals surface area contributed by atoms with E-state index in [4.69, 9.17) is 4.74 Å². The van der Waals surface area contributed by atoms with Crippen LogP contribution in [0, 0.1) is 23.7 Å². The maximum Gasteiger partial charge on any atom is 0.330 e. The van der Waals surface area contributed by atoms with Crippen molar-refractivity contribution in [3.63, 3.8) is 0 Å². The van der Waals surface area contributed by atoms with Crippen LogP contribution in [-0.2, 0) is 23.9 Å². The first kappa shape index (κ1) is 31.8. The van der Waals surface area contributed by atoms with Crippen LogP contribution in [0.15, 0.2) is 42.6 Å². The van der Waals surface area contributed by atoms with Crippen LogP contribution in [0.5, 0.6) is 0 Å². The van der Waals surface area contributed by atoms with Gasteiger partial charge in [0.2, 0.25) is 11.8 Å². The van der Waals surface area contributed by atoms with Crippen molar-refractivity contribution in [3.05, 3.63) is 48.2 Å². The lowest BCUT2D eigenvalue weighted by Crippen LogP contribution is -2.56. The molecular formula is C35H44N4O7. The maximum atomic E-state index is 14.3. The number of carbonyl (C=O) groups is 5. The summed E-state index contributed by atoms with van der Waals surface area (Å²) in [5, 5.41) is 13.8. The molecule has 6 rings (SSSR count). The summed E-state index contributed by atoms with van der Waals surface area (Å²) in [5.41, 5.74) is -0.725. The second kappa shape index (κ2) is 12.2. The Hall–Kier alpha value is -4.15. The van der Waals surface area contributed by atoms with Crippen LogP contribution in [0.1, 0.15) is 76.1 Å². The van der Waals surface area contributed by atoms with Crippen molar-refractivity contribution in [1.82, 2.24) is 20.1 Å². The lowest BCUT2D eigenvalue weighted by Gasteiger charge is -2.32. The van der Waals surface area contributed by atoms with E-state index in [1.54, 1.807) is 36.8 Å². The highest BCUT2D eigenvalue weighted by Gasteiger charge is 2.62. The van der Waals surface area contributed by atoms with Crippen LogP contribution in [0.4, 0.5) is 0 Å². The number of hydrogen-bond donors (Lipinski definition) is 3. The Balaban J connectivity index is 1.29. The Morgan fingerprint density at radius 3 is 2.61 bits per heavy atom. The summed E-state index contributed by atoms with van der Waals surface area (Å²) in [6.45, 7) is 6.21. The second-order valence-corrected chi connectivity index (χ2v) is 14.4. The Labute approximate surface area is 268 Å². The smallest absolute Gasteiger partial charge is 0.330 e. The number of carboxylic acid groups (broad SMARTS) is 1. The number of carbonyl (C=O) groups excluding carboxylic acids is 4. The van der Waals surface area contributed by atoms with Crippen molar-refractivity contribution >= 4 is 40.6 Å². The molecule has 3 aliphatic heterocycles. The number of amides is 3. The Kier molecular flexibility index (Phi) is 8.45. The molecule has 0 bridgehead atoms. The first-order valence-electron chi connectivity index (χ1n) is 16.5. The number of ether oxygens (including phenoxy) is 1. The molecule has 1 aliphatic carbocycles. The summed E-state index contributed by atoms with van der Waals surface area (Å²) in [7, 11) is 0. The maximum absolute atomic E-state index is 14.3. The molecule has 1 aromatic heterocycles. The number of nitrogens with zero attached hydrogens (tertiary/aromatic N) is 2. The highest BCUT2D eigenvalue weighted by molar-refractivity contribution is 6.07. The molecular weight excluding hydrogens is 588 g/mol. The van der Waals surface area contributed by atoms with Crippen molar-refractivity contribution < 1.29 is 33.8 Å². The Morgan fingerprint density at radius 2 is 1.85 bits per heavy atom. The summed E-state index contributed by atoms with van der Waals surface area (Å²) in [6.07, 6.45) is 9.47. The van der Waals surface area contributed by atoms with E-state index in [1.165, 1.54) is 0 Å². The van der Waals surface area contributed by atoms with Gasteiger partial charge in [0.1, 0.15) is 17.2 Å². The summed E-state index contributed by atoms with van der Waals surface area (Å²) in [4.78, 5) is 74.1. The normalized spacial score (nSPS) is 30.8. The minimum Gasteiger partial charge on any atom is -0.479 e. The Bertz CT molecular complexity index is 1570.